The number of hydrogen-bond donors (Lipinski definition) is 6. The fourth-order valence-corrected chi connectivity index (χ4v) is 2.82. The number of rotatable bonds is 8. The Balaban J connectivity index is 1.87. The SMILES string of the molecule is NC(=O)c1cnc(NCC=CCNc2c(N)cc(C(N)=O)cc2Br)c(N)c1. The molecule has 2 rings (SSSR count). The average molecular weight is 434 g/mol. The van der Waals surface area contributed by atoms with Gasteiger partial charge in [-0.15, -0.1) is 0 Å². The number of amides is 2. The summed E-state index contributed by atoms with van der Waals surface area (Å²) in [6, 6.07) is 4.60. The lowest BCUT2D eigenvalue weighted by Gasteiger charge is -2.11. The van der Waals surface area contributed by atoms with E-state index in [2.05, 4.69) is 31.5 Å². The molecule has 0 spiro atoms. The normalized spacial score (nSPS) is 10.7. The Bertz CT molecular complexity index is 876. The van der Waals surface area contributed by atoms with Gasteiger partial charge < -0.3 is 33.6 Å². The highest BCUT2D eigenvalue weighted by Gasteiger charge is 2.09. The van der Waals surface area contributed by atoms with Crippen LogP contribution in [0, 0.1) is 0 Å². The maximum atomic E-state index is 11.2. The summed E-state index contributed by atoms with van der Waals surface area (Å²) in [6.07, 6.45) is 5.12. The number of pyridine rings is 1. The number of nitrogens with one attached hydrogen (secondary N) is 2. The number of carbonyl (C=O) groups excluding carboxylic acids is 2. The number of nitrogens with zero attached hydrogens (tertiary/aromatic N) is 1. The molecule has 0 radical (unpaired) electrons. The number of aromatic nitrogens is 1. The molecule has 0 saturated carbocycles. The fourth-order valence-electron chi connectivity index (χ4n) is 2.20. The Morgan fingerprint density at radius 3 is 2.11 bits per heavy atom. The Morgan fingerprint density at radius 1 is 0.963 bits per heavy atom. The summed E-state index contributed by atoms with van der Waals surface area (Å²) in [6.45, 7) is 0.982. The molecule has 0 aliphatic carbocycles. The average Bonchev–Trinajstić information content (AvgIpc) is 2.60. The third kappa shape index (κ3) is 5.35. The molecule has 1 heterocycles. The molecular weight excluding hydrogens is 414 g/mol. The van der Waals surface area contributed by atoms with Gasteiger partial charge in [0.2, 0.25) is 11.8 Å². The van der Waals surface area contributed by atoms with Crippen LogP contribution < -0.4 is 33.6 Å². The van der Waals surface area contributed by atoms with Crippen LogP contribution in [0.4, 0.5) is 22.9 Å². The molecule has 0 aliphatic heterocycles. The van der Waals surface area contributed by atoms with Gasteiger partial charge in [-0.1, -0.05) is 12.2 Å². The molecule has 0 aliphatic rings. The summed E-state index contributed by atoms with van der Waals surface area (Å²) in [5.41, 5.74) is 24.2. The van der Waals surface area contributed by atoms with E-state index in [0.29, 0.717) is 46.0 Å². The van der Waals surface area contributed by atoms with Crippen LogP contribution in [0.25, 0.3) is 0 Å². The molecule has 0 saturated heterocycles. The summed E-state index contributed by atoms with van der Waals surface area (Å²) in [5, 5.41) is 6.18. The first-order chi connectivity index (χ1) is 12.8. The number of nitrogens with two attached hydrogens (primary N) is 4. The van der Waals surface area contributed by atoms with Crippen LogP contribution in [-0.2, 0) is 0 Å². The van der Waals surface area contributed by atoms with Gasteiger partial charge in [0.1, 0.15) is 5.82 Å². The number of anilines is 4. The van der Waals surface area contributed by atoms with Crippen molar-refractivity contribution in [2.45, 2.75) is 0 Å². The second-order valence-electron chi connectivity index (χ2n) is 5.55. The largest absolute Gasteiger partial charge is 0.397 e. The van der Waals surface area contributed by atoms with E-state index < -0.39 is 11.8 Å². The van der Waals surface area contributed by atoms with Crippen molar-refractivity contribution < 1.29 is 9.59 Å². The minimum atomic E-state index is -0.582. The van der Waals surface area contributed by atoms with Crippen LogP contribution in [0.3, 0.4) is 0 Å². The lowest BCUT2D eigenvalue weighted by atomic mass is 10.1. The highest BCUT2D eigenvalue weighted by Crippen LogP contribution is 2.30. The third-order valence-corrected chi connectivity index (χ3v) is 4.18. The zero-order chi connectivity index (χ0) is 20.0. The minimum Gasteiger partial charge on any atom is -0.397 e. The smallest absolute Gasteiger partial charge is 0.250 e. The molecule has 2 amide bonds. The molecule has 0 bridgehead atoms. The molecule has 0 fully saturated rings. The van der Waals surface area contributed by atoms with Crippen LogP contribution >= 0.6 is 15.9 Å². The van der Waals surface area contributed by atoms with Gasteiger partial charge in [0.25, 0.3) is 0 Å². The highest BCUT2D eigenvalue weighted by molar-refractivity contribution is 9.10. The van der Waals surface area contributed by atoms with E-state index in [1.54, 1.807) is 6.07 Å². The van der Waals surface area contributed by atoms with E-state index in [4.69, 9.17) is 22.9 Å². The first-order valence-electron chi connectivity index (χ1n) is 7.86. The van der Waals surface area contributed by atoms with Crippen molar-refractivity contribution in [2.24, 2.45) is 11.5 Å². The first kappa shape index (κ1) is 20.0. The topological polar surface area (TPSA) is 175 Å². The number of primary amides is 2. The van der Waals surface area contributed by atoms with Crippen LogP contribution in [0.15, 0.2) is 41.0 Å². The Kier molecular flexibility index (Phi) is 6.61. The van der Waals surface area contributed by atoms with E-state index in [-0.39, 0.29) is 5.56 Å². The monoisotopic (exact) mass is 433 g/mol. The molecular formula is C17H20BrN7O2. The van der Waals surface area contributed by atoms with Gasteiger partial charge in [-0.2, -0.15) is 0 Å². The quantitative estimate of drug-likeness (QED) is 0.268. The van der Waals surface area contributed by atoms with Crippen LogP contribution in [0.2, 0.25) is 0 Å². The zero-order valence-corrected chi connectivity index (χ0v) is 15.9. The summed E-state index contributed by atoms with van der Waals surface area (Å²) < 4.78 is 0.648. The number of halogens is 1. The van der Waals surface area contributed by atoms with Crippen molar-refractivity contribution >= 4 is 50.6 Å². The fraction of sp³-hybridized carbons (Fsp3) is 0.118. The van der Waals surface area contributed by atoms with Crippen molar-refractivity contribution in [2.75, 3.05) is 35.2 Å². The summed E-state index contributed by atoms with van der Waals surface area (Å²) in [5.74, 6) is -0.663. The molecule has 10 N–H and O–H groups in total. The summed E-state index contributed by atoms with van der Waals surface area (Å²) in [7, 11) is 0. The van der Waals surface area contributed by atoms with E-state index in [1.807, 2.05) is 12.2 Å². The number of carbonyl (C=O) groups is 2. The van der Waals surface area contributed by atoms with Crippen LogP contribution in [0.1, 0.15) is 20.7 Å². The van der Waals surface area contributed by atoms with Crippen molar-refractivity contribution in [3.63, 3.8) is 0 Å². The number of hydrogen-bond acceptors (Lipinski definition) is 7. The predicted octanol–water partition coefficient (Wildman–Crippen LogP) is 1.29. The maximum absolute atomic E-state index is 11.2. The lowest BCUT2D eigenvalue weighted by molar-refractivity contribution is 0.0991. The predicted molar refractivity (Wildman–Crippen MR) is 110 cm³/mol. The highest BCUT2D eigenvalue weighted by atomic mass is 79.9. The van der Waals surface area contributed by atoms with Crippen LogP contribution in [0.5, 0.6) is 0 Å². The third-order valence-electron chi connectivity index (χ3n) is 3.56. The Morgan fingerprint density at radius 2 is 1.56 bits per heavy atom. The van der Waals surface area contributed by atoms with Crippen molar-refractivity contribution in [3.05, 3.63) is 52.1 Å². The molecule has 0 atom stereocenters. The van der Waals surface area contributed by atoms with E-state index in [1.165, 1.54) is 18.3 Å². The van der Waals surface area contributed by atoms with Gasteiger partial charge in [-0.3, -0.25) is 9.59 Å². The maximum Gasteiger partial charge on any atom is 0.250 e. The van der Waals surface area contributed by atoms with Gasteiger partial charge in [0.15, 0.2) is 0 Å². The second kappa shape index (κ2) is 8.90. The van der Waals surface area contributed by atoms with Gasteiger partial charge in [0.05, 0.1) is 22.6 Å². The number of benzene rings is 1. The summed E-state index contributed by atoms with van der Waals surface area (Å²) >= 11 is 3.36. The first-order valence-corrected chi connectivity index (χ1v) is 8.65. The van der Waals surface area contributed by atoms with E-state index >= 15 is 0 Å². The molecule has 10 heteroatoms. The minimum absolute atomic E-state index is 0.253. The Hall–Kier alpha value is -3.27. The van der Waals surface area contributed by atoms with Crippen molar-refractivity contribution in [3.8, 4) is 0 Å². The van der Waals surface area contributed by atoms with Gasteiger partial charge >= 0.3 is 0 Å². The molecule has 0 unspecified atom stereocenters. The molecule has 142 valence electrons. The van der Waals surface area contributed by atoms with Gasteiger partial charge in [-0.05, 0) is 34.1 Å². The van der Waals surface area contributed by atoms with E-state index in [9.17, 15) is 9.59 Å². The molecule has 9 nitrogen and oxygen atoms in total. The molecule has 2 aromatic rings. The van der Waals surface area contributed by atoms with Crippen molar-refractivity contribution in [1.82, 2.24) is 4.98 Å². The zero-order valence-electron chi connectivity index (χ0n) is 14.3. The standard InChI is InChI=1S/C17H20BrN7O2/c18-11-5-9(15(21)26)6-12(19)14(11)23-3-1-2-4-24-17-13(20)7-10(8-25-17)16(22)27/h1-2,5-8,23H,3-4,19-20H2,(H2,21,26)(H2,22,27)(H,24,25). The summed E-state index contributed by atoms with van der Waals surface area (Å²) in [4.78, 5) is 26.3. The molecule has 1 aromatic carbocycles. The molecule has 1 aromatic heterocycles. The van der Waals surface area contributed by atoms with E-state index in [0.717, 1.165) is 0 Å². The second-order valence-corrected chi connectivity index (χ2v) is 6.40. The lowest BCUT2D eigenvalue weighted by Crippen LogP contribution is -2.13. The van der Waals surface area contributed by atoms with Crippen molar-refractivity contribution in [1.29, 1.82) is 0 Å². The van der Waals surface area contributed by atoms with Gasteiger partial charge in [0, 0.05) is 29.3 Å². The Labute approximate surface area is 164 Å². The van der Waals surface area contributed by atoms with Crippen LogP contribution in [-0.4, -0.2) is 29.9 Å². The van der Waals surface area contributed by atoms with Gasteiger partial charge in [-0.25, -0.2) is 4.98 Å². The number of nitrogen functional groups attached to an aromatic ring is 2. The molecule has 27 heavy (non-hydrogen) atoms.